The third-order valence-electron chi connectivity index (χ3n) is 2.45. The van der Waals surface area contributed by atoms with Gasteiger partial charge in [-0.1, -0.05) is 54.2 Å². The first-order chi connectivity index (χ1) is 8.68. The lowest BCUT2D eigenvalue weighted by Gasteiger charge is -2.10. The fourth-order valence-electron chi connectivity index (χ4n) is 1.59. The van der Waals surface area contributed by atoms with Crippen molar-refractivity contribution in [2.24, 2.45) is 0 Å². The minimum absolute atomic E-state index is 0.181. The summed E-state index contributed by atoms with van der Waals surface area (Å²) in [5.41, 5.74) is 0.219. The first kappa shape index (κ1) is 10.8. The molecule has 1 aliphatic heterocycles. The second kappa shape index (κ2) is 3.84. The Morgan fingerprint density at radius 3 is 2.39 bits per heavy atom. The Bertz CT molecular complexity index is 579. The first-order valence-corrected chi connectivity index (χ1v) is 4.98. The van der Waals surface area contributed by atoms with Crippen LogP contribution in [0.4, 0.5) is 24.9 Å². The Balaban J connectivity index is 2.08. The maximum Gasteiger partial charge on any atom is 0.213 e. The summed E-state index contributed by atoms with van der Waals surface area (Å²) in [4.78, 5) is 7.64. The summed E-state index contributed by atoms with van der Waals surface area (Å²) in [6.07, 6.45) is 1.01. The molecule has 18 heavy (non-hydrogen) atoms. The van der Waals surface area contributed by atoms with E-state index in [-0.39, 0.29) is 5.82 Å². The minimum Gasteiger partial charge on any atom is -0.234 e. The van der Waals surface area contributed by atoms with Crippen LogP contribution >= 0.6 is 0 Å². The molecule has 0 unspecified atom stereocenters. The summed E-state index contributed by atoms with van der Waals surface area (Å²) in [5, 5.41) is -1.90. The van der Waals surface area contributed by atoms with Gasteiger partial charge in [-0.25, -0.2) is 9.97 Å². The molecule has 2 heterocycles. The summed E-state index contributed by atoms with van der Waals surface area (Å²) in [6.45, 7) is 0. The molecule has 2 aromatic rings. The van der Waals surface area contributed by atoms with E-state index in [2.05, 4.69) is 9.97 Å². The van der Waals surface area contributed by atoms with Gasteiger partial charge in [0.05, 0.1) is 6.20 Å². The lowest BCUT2D eigenvalue weighted by molar-refractivity contribution is -0.0817. The first-order valence-electron chi connectivity index (χ1n) is 4.98. The molecule has 0 radical (unpaired) electrons. The van der Waals surface area contributed by atoms with Gasteiger partial charge >= 0.3 is 0 Å². The van der Waals surface area contributed by atoms with Crippen LogP contribution in [0.15, 0.2) is 36.5 Å². The topological polar surface area (TPSA) is 35.5 Å². The van der Waals surface area contributed by atoms with Crippen molar-refractivity contribution in [2.45, 2.75) is 0 Å². The molecule has 0 saturated heterocycles. The predicted molar refractivity (Wildman–Crippen MR) is 57.6 cm³/mol. The Morgan fingerprint density at radius 1 is 0.944 bits per heavy atom. The van der Waals surface area contributed by atoms with Crippen LogP contribution in [-0.4, -0.2) is 15.3 Å². The molecule has 5 nitrogen and oxygen atoms in total. The van der Waals surface area contributed by atoms with Gasteiger partial charge in [0.15, 0.2) is 11.5 Å². The number of hydrogen-bond acceptors (Lipinski definition) is 5. The number of nitrogens with zero attached hydrogens (tertiary/aromatic N) is 5. The number of benzene rings is 1. The highest BCUT2D eigenvalue weighted by Crippen LogP contribution is 2.38. The fourth-order valence-corrected chi connectivity index (χ4v) is 1.59. The number of halogens is 3. The second-order valence-corrected chi connectivity index (χ2v) is 3.53. The SMILES string of the molecule is FN1c2cnc(-c3ccccc3)nc2N(F)N1F. The Hall–Kier alpha value is -2.35. The number of hydrogen-bond donors (Lipinski definition) is 0. The summed E-state index contributed by atoms with van der Waals surface area (Å²) in [6, 6.07) is 8.72. The van der Waals surface area contributed by atoms with Gasteiger partial charge < -0.3 is 0 Å². The molecule has 8 heteroatoms. The van der Waals surface area contributed by atoms with Gasteiger partial charge in [-0.05, 0) is 0 Å². The van der Waals surface area contributed by atoms with E-state index in [9.17, 15) is 13.4 Å². The summed E-state index contributed by atoms with van der Waals surface area (Å²) < 4.78 is 39.3. The maximum absolute atomic E-state index is 13.3. The van der Waals surface area contributed by atoms with E-state index in [0.29, 0.717) is 5.56 Å². The van der Waals surface area contributed by atoms with E-state index in [1.807, 2.05) is 0 Å². The molecule has 0 amide bonds. The Morgan fingerprint density at radius 2 is 1.67 bits per heavy atom. The second-order valence-electron chi connectivity index (χ2n) is 3.53. The predicted octanol–water partition coefficient (Wildman–Crippen LogP) is 2.56. The van der Waals surface area contributed by atoms with Crippen molar-refractivity contribution in [3.8, 4) is 11.4 Å². The van der Waals surface area contributed by atoms with Gasteiger partial charge in [0.25, 0.3) is 0 Å². The zero-order chi connectivity index (χ0) is 12.7. The zero-order valence-electron chi connectivity index (χ0n) is 8.83. The number of rotatable bonds is 1. The minimum atomic E-state index is -0.839. The van der Waals surface area contributed by atoms with Crippen LogP contribution in [-0.2, 0) is 0 Å². The van der Waals surface area contributed by atoms with Crippen molar-refractivity contribution in [2.75, 3.05) is 10.5 Å². The van der Waals surface area contributed by atoms with E-state index < -0.39 is 27.3 Å². The average molecular weight is 253 g/mol. The van der Waals surface area contributed by atoms with Crippen LogP contribution in [0.5, 0.6) is 0 Å². The van der Waals surface area contributed by atoms with Crippen molar-refractivity contribution in [3.05, 3.63) is 36.5 Å². The number of aromatic nitrogens is 2. The van der Waals surface area contributed by atoms with Crippen molar-refractivity contribution in [1.82, 2.24) is 15.3 Å². The van der Waals surface area contributed by atoms with Crippen molar-refractivity contribution in [3.63, 3.8) is 0 Å². The van der Waals surface area contributed by atoms with Crippen molar-refractivity contribution < 1.29 is 13.4 Å². The smallest absolute Gasteiger partial charge is 0.213 e. The van der Waals surface area contributed by atoms with Crippen molar-refractivity contribution in [1.29, 1.82) is 0 Å². The molecule has 3 rings (SSSR count). The van der Waals surface area contributed by atoms with Gasteiger partial charge in [-0.15, -0.1) is 0 Å². The summed E-state index contributed by atoms with van der Waals surface area (Å²) in [5.74, 6) is -0.311. The standard InChI is InChI=1S/C10H6F3N5/c11-16-8-6-14-9(7-4-2-1-3-5-7)15-10(8)17(12)18(16)13/h1-6H. The number of anilines is 2. The van der Waals surface area contributed by atoms with Gasteiger partial charge in [0, 0.05) is 5.56 Å². The number of hydrazine groups is 2. The third kappa shape index (κ3) is 1.46. The molecular weight excluding hydrogens is 247 g/mol. The van der Waals surface area contributed by atoms with Gasteiger partial charge in [0.1, 0.15) is 5.34 Å². The summed E-state index contributed by atoms with van der Waals surface area (Å²) >= 11 is 0. The normalized spacial score (nSPS) is 15.1. The largest absolute Gasteiger partial charge is 0.234 e. The zero-order valence-corrected chi connectivity index (χ0v) is 8.83. The third-order valence-corrected chi connectivity index (χ3v) is 2.45. The average Bonchev–Trinajstić information content (AvgIpc) is 2.65. The molecular formula is C10H6F3N5. The van der Waals surface area contributed by atoms with E-state index in [1.165, 1.54) is 0 Å². The Labute approximate surface area is 99.4 Å². The van der Waals surface area contributed by atoms with Crippen LogP contribution in [0, 0.1) is 0 Å². The molecule has 0 N–H and O–H groups in total. The molecule has 0 bridgehead atoms. The Kier molecular flexibility index (Phi) is 2.30. The highest BCUT2D eigenvalue weighted by molar-refractivity contribution is 5.69. The highest BCUT2D eigenvalue weighted by atomic mass is 19.3. The van der Waals surface area contributed by atoms with Crippen LogP contribution in [0.25, 0.3) is 11.4 Å². The maximum atomic E-state index is 13.3. The van der Waals surface area contributed by atoms with E-state index in [0.717, 1.165) is 6.20 Å². The van der Waals surface area contributed by atoms with Crippen molar-refractivity contribution >= 4 is 11.5 Å². The van der Waals surface area contributed by atoms with Crippen LogP contribution in [0.3, 0.4) is 0 Å². The molecule has 0 saturated carbocycles. The molecule has 0 aliphatic carbocycles. The fraction of sp³-hybridized carbons (Fsp3) is 0. The molecule has 1 aliphatic rings. The number of fused-ring (bicyclic) bond motifs is 1. The van der Waals surface area contributed by atoms with Crippen LogP contribution in [0.1, 0.15) is 0 Å². The lowest BCUT2D eigenvalue weighted by atomic mass is 10.2. The van der Waals surface area contributed by atoms with Gasteiger partial charge in [-0.3, -0.25) is 0 Å². The van der Waals surface area contributed by atoms with E-state index >= 15 is 0 Å². The molecule has 1 aromatic heterocycles. The molecule has 92 valence electrons. The molecule has 0 atom stereocenters. The summed E-state index contributed by atoms with van der Waals surface area (Å²) in [7, 11) is 0. The van der Waals surface area contributed by atoms with Gasteiger partial charge in [-0.2, -0.15) is 0 Å². The van der Waals surface area contributed by atoms with Gasteiger partial charge in [0.2, 0.25) is 5.82 Å². The quantitative estimate of drug-likeness (QED) is 0.730. The molecule has 1 aromatic carbocycles. The highest BCUT2D eigenvalue weighted by Gasteiger charge is 2.39. The molecule has 0 fully saturated rings. The van der Waals surface area contributed by atoms with Crippen LogP contribution in [0.2, 0.25) is 0 Å². The molecule has 0 spiro atoms. The monoisotopic (exact) mass is 253 g/mol. The van der Waals surface area contributed by atoms with E-state index in [1.54, 1.807) is 30.3 Å². The van der Waals surface area contributed by atoms with E-state index in [4.69, 9.17) is 0 Å². The lowest BCUT2D eigenvalue weighted by Crippen LogP contribution is -2.33. The van der Waals surface area contributed by atoms with Crippen LogP contribution < -0.4 is 10.5 Å².